The quantitative estimate of drug-likeness (QED) is 0.864. The average molecular weight is 296 g/mol. The average Bonchev–Trinajstić information content (AvgIpc) is 2.99. The summed E-state index contributed by atoms with van der Waals surface area (Å²) in [5.41, 5.74) is 9.60. The molecule has 3 atom stereocenters. The van der Waals surface area contributed by atoms with Gasteiger partial charge in [-0.05, 0) is 62.0 Å². The molecule has 4 rings (SSSR count). The van der Waals surface area contributed by atoms with Gasteiger partial charge in [-0.1, -0.05) is 6.42 Å². The maximum atomic E-state index is 9.55. The third kappa shape index (κ3) is 2.28. The number of anilines is 1. The van der Waals surface area contributed by atoms with E-state index in [0.29, 0.717) is 17.9 Å². The van der Waals surface area contributed by atoms with Gasteiger partial charge in [0, 0.05) is 24.8 Å². The number of nitrogens with two attached hydrogens (primary N) is 1. The summed E-state index contributed by atoms with van der Waals surface area (Å²) in [6.07, 6.45) is 8.27. The van der Waals surface area contributed by atoms with Gasteiger partial charge in [-0.25, -0.2) is 4.98 Å². The van der Waals surface area contributed by atoms with Crippen LogP contribution in [0.15, 0.2) is 6.07 Å². The van der Waals surface area contributed by atoms with E-state index in [4.69, 9.17) is 10.7 Å². The maximum Gasteiger partial charge on any atom is 0.146 e. The van der Waals surface area contributed by atoms with Crippen molar-refractivity contribution in [3.05, 3.63) is 22.9 Å². The molecule has 0 bridgehead atoms. The molecule has 4 heteroatoms. The number of hydrogen-bond donors (Lipinski definition) is 1. The topological polar surface area (TPSA) is 65.9 Å². The van der Waals surface area contributed by atoms with Gasteiger partial charge < -0.3 is 10.6 Å². The Morgan fingerprint density at radius 2 is 2.05 bits per heavy atom. The van der Waals surface area contributed by atoms with Crippen LogP contribution < -0.4 is 10.6 Å². The molecule has 3 unspecified atom stereocenters. The molecule has 22 heavy (non-hydrogen) atoms. The molecule has 0 amide bonds. The minimum atomic E-state index is 0.326. The van der Waals surface area contributed by atoms with E-state index in [-0.39, 0.29) is 0 Å². The lowest BCUT2D eigenvalue weighted by Gasteiger charge is -2.29. The SMILES string of the molecule is N#Cc1cc2c(nc1N1CC3CCCC(N)C3C1)CCCC2. The number of hydrogen-bond acceptors (Lipinski definition) is 4. The van der Waals surface area contributed by atoms with E-state index in [0.717, 1.165) is 43.7 Å². The molecule has 4 nitrogen and oxygen atoms in total. The number of pyridine rings is 1. The standard InChI is InChI=1S/C18H24N4/c19-9-14-8-12-4-1-2-7-17(12)21-18(14)22-10-13-5-3-6-16(20)15(13)11-22/h8,13,15-16H,1-7,10-11,20H2. The summed E-state index contributed by atoms with van der Waals surface area (Å²) in [6, 6.07) is 4.80. The first-order valence-corrected chi connectivity index (χ1v) is 8.69. The molecule has 2 heterocycles. The maximum absolute atomic E-state index is 9.55. The number of fused-ring (bicyclic) bond motifs is 2. The molecule has 3 aliphatic rings. The van der Waals surface area contributed by atoms with Crippen LogP contribution in [-0.2, 0) is 12.8 Å². The summed E-state index contributed by atoms with van der Waals surface area (Å²) in [5.74, 6) is 2.19. The van der Waals surface area contributed by atoms with Crippen molar-refractivity contribution < 1.29 is 0 Å². The number of aromatic nitrogens is 1. The fraction of sp³-hybridized carbons (Fsp3) is 0.667. The minimum absolute atomic E-state index is 0.326. The van der Waals surface area contributed by atoms with Crippen LogP contribution in [0, 0.1) is 23.2 Å². The van der Waals surface area contributed by atoms with Crippen LogP contribution in [0.25, 0.3) is 0 Å². The second-order valence-corrected chi connectivity index (χ2v) is 7.21. The Hall–Kier alpha value is -1.60. The molecule has 2 fully saturated rings. The summed E-state index contributed by atoms with van der Waals surface area (Å²) in [5, 5.41) is 9.55. The summed E-state index contributed by atoms with van der Waals surface area (Å²) in [4.78, 5) is 7.25. The second-order valence-electron chi connectivity index (χ2n) is 7.21. The molecule has 1 aromatic rings. The molecule has 116 valence electrons. The van der Waals surface area contributed by atoms with Gasteiger partial charge in [0.25, 0.3) is 0 Å². The van der Waals surface area contributed by atoms with Crippen LogP contribution in [0.2, 0.25) is 0 Å². The lowest BCUT2D eigenvalue weighted by Crippen LogP contribution is -2.38. The molecular weight excluding hydrogens is 272 g/mol. The summed E-state index contributed by atoms with van der Waals surface area (Å²) in [7, 11) is 0. The van der Waals surface area contributed by atoms with Crippen molar-refractivity contribution in [2.45, 2.75) is 51.0 Å². The van der Waals surface area contributed by atoms with Gasteiger partial charge in [0.2, 0.25) is 0 Å². The summed E-state index contributed by atoms with van der Waals surface area (Å²) in [6.45, 7) is 2.01. The van der Waals surface area contributed by atoms with Crippen LogP contribution >= 0.6 is 0 Å². The third-order valence-electron chi connectivity index (χ3n) is 5.85. The number of rotatable bonds is 1. The van der Waals surface area contributed by atoms with E-state index in [1.807, 2.05) is 0 Å². The van der Waals surface area contributed by atoms with Crippen LogP contribution in [0.5, 0.6) is 0 Å². The van der Waals surface area contributed by atoms with Gasteiger partial charge >= 0.3 is 0 Å². The lowest BCUT2D eigenvalue weighted by atomic mass is 9.78. The predicted molar refractivity (Wildman–Crippen MR) is 86.6 cm³/mol. The van der Waals surface area contributed by atoms with Crippen LogP contribution in [0.4, 0.5) is 5.82 Å². The van der Waals surface area contributed by atoms with Crippen molar-refractivity contribution in [1.82, 2.24) is 4.98 Å². The first-order valence-electron chi connectivity index (χ1n) is 8.69. The Kier molecular flexibility index (Phi) is 3.54. The van der Waals surface area contributed by atoms with E-state index in [2.05, 4.69) is 17.0 Å². The fourth-order valence-electron chi connectivity index (χ4n) is 4.64. The molecule has 0 aromatic carbocycles. The fourth-order valence-corrected chi connectivity index (χ4v) is 4.64. The van der Waals surface area contributed by atoms with Crippen molar-refractivity contribution >= 4 is 5.82 Å². The smallest absolute Gasteiger partial charge is 0.146 e. The Morgan fingerprint density at radius 3 is 2.86 bits per heavy atom. The van der Waals surface area contributed by atoms with Crippen molar-refractivity contribution in [1.29, 1.82) is 5.26 Å². The minimum Gasteiger partial charge on any atom is -0.355 e. The van der Waals surface area contributed by atoms with Gasteiger partial charge in [0.15, 0.2) is 0 Å². The Labute approximate surface area is 132 Å². The van der Waals surface area contributed by atoms with Crippen molar-refractivity contribution in [3.63, 3.8) is 0 Å². The van der Waals surface area contributed by atoms with Crippen molar-refractivity contribution in [3.8, 4) is 6.07 Å². The molecule has 0 spiro atoms. The highest BCUT2D eigenvalue weighted by atomic mass is 15.2. The predicted octanol–water partition coefficient (Wildman–Crippen LogP) is 2.40. The van der Waals surface area contributed by atoms with Crippen LogP contribution in [-0.4, -0.2) is 24.1 Å². The summed E-state index contributed by atoms with van der Waals surface area (Å²) < 4.78 is 0. The lowest BCUT2D eigenvalue weighted by molar-refractivity contribution is 0.260. The van der Waals surface area contributed by atoms with Gasteiger partial charge in [0.05, 0.1) is 5.56 Å². The zero-order valence-corrected chi connectivity index (χ0v) is 13.1. The Bertz CT molecular complexity index is 618. The van der Waals surface area contributed by atoms with E-state index in [1.165, 1.54) is 36.9 Å². The van der Waals surface area contributed by atoms with Gasteiger partial charge in [-0.2, -0.15) is 5.26 Å². The number of aryl methyl sites for hydroxylation is 2. The van der Waals surface area contributed by atoms with Crippen molar-refractivity contribution in [2.24, 2.45) is 17.6 Å². The van der Waals surface area contributed by atoms with Gasteiger partial charge in [-0.3, -0.25) is 0 Å². The first-order chi connectivity index (χ1) is 10.8. The Balaban J connectivity index is 1.66. The second kappa shape index (κ2) is 5.55. The molecule has 1 saturated heterocycles. The molecule has 1 aliphatic heterocycles. The molecule has 1 saturated carbocycles. The third-order valence-corrected chi connectivity index (χ3v) is 5.85. The van der Waals surface area contributed by atoms with Crippen LogP contribution in [0.3, 0.4) is 0 Å². The van der Waals surface area contributed by atoms with Gasteiger partial charge in [0.1, 0.15) is 11.9 Å². The molecule has 0 radical (unpaired) electrons. The number of nitriles is 1. The zero-order chi connectivity index (χ0) is 15.1. The molecular formula is C18H24N4. The molecule has 2 N–H and O–H groups in total. The normalized spacial score (nSPS) is 30.5. The van der Waals surface area contributed by atoms with Crippen molar-refractivity contribution in [2.75, 3.05) is 18.0 Å². The highest BCUT2D eigenvalue weighted by molar-refractivity contribution is 5.57. The zero-order valence-electron chi connectivity index (χ0n) is 13.1. The molecule has 2 aliphatic carbocycles. The highest BCUT2D eigenvalue weighted by Gasteiger charge is 2.39. The van der Waals surface area contributed by atoms with Gasteiger partial charge in [-0.15, -0.1) is 0 Å². The summed E-state index contributed by atoms with van der Waals surface area (Å²) >= 11 is 0. The van der Waals surface area contributed by atoms with Crippen LogP contribution in [0.1, 0.15) is 48.9 Å². The monoisotopic (exact) mass is 296 g/mol. The molecule has 1 aromatic heterocycles. The van der Waals surface area contributed by atoms with E-state index in [9.17, 15) is 5.26 Å². The van der Waals surface area contributed by atoms with E-state index in [1.54, 1.807) is 0 Å². The number of nitrogens with zero attached hydrogens (tertiary/aromatic N) is 3. The van der Waals surface area contributed by atoms with E-state index >= 15 is 0 Å². The highest BCUT2D eigenvalue weighted by Crippen LogP contribution is 2.38. The Morgan fingerprint density at radius 1 is 1.18 bits per heavy atom. The van der Waals surface area contributed by atoms with E-state index < -0.39 is 0 Å². The largest absolute Gasteiger partial charge is 0.355 e. The first kappa shape index (κ1) is 14.0.